The van der Waals surface area contributed by atoms with E-state index >= 15 is 0 Å². The van der Waals surface area contributed by atoms with E-state index in [0.717, 1.165) is 6.20 Å². The van der Waals surface area contributed by atoms with E-state index in [1.165, 1.54) is 17.2 Å². The molecule has 0 saturated carbocycles. The van der Waals surface area contributed by atoms with Crippen LogP contribution in [0.25, 0.3) is 33.5 Å². The van der Waals surface area contributed by atoms with Gasteiger partial charge in [0.1, 0.15) is 16.9 Å². The Morgan fingerprint density at radius 1 is 1.12 bits per heavy atom. The van der Waals surface area contributed by atoms with Crippen LogP contribution in [0.1, 0.15) is 6.42 Å². The van der Waals surface area contributed by atoms with Crippen molar-refractivity contribution in [2.24, 2.45) is 0 Å². The summed E-state index contributed by atoms with van der Waals surface area (Å²) < 4.78 is 54.3. The van der Waals surface area contributed by atoms with Crippen molar-refractivity contribution < 1.29 is 17.6 Å². The number of hydrogen-bond acceptors (Lipinski definition) is 6. The summed E-state index contributed by atoms with van der Waals surface area (Å²) in [7, 11) is 0. The molecule has 1 saturated heterocycles. The Kier molecular flexibility index (Phi) is 5.25. The van der Waals surface area contributed by atoms with Crippen LogP contribution >= 0.6 is 0 Å². The van der Waals surface area contributed by atoms with Crippen LogP contribution in [0, 0.1) is 17.1 Å². The van der Waals surface area contributed by atoms with Gasteiger partial charge in [-0.05, 0) is 30.3 Å². The molecular formula is C23H17F4N7. The number of hydrogen-bond donors (Lipinski definition) is 0. The zero-order valence-corrected chi connectivity index (χ0v) is 17.7. The first-order chi connectivity index (χ1) is 16.3. The van der Waals surface area contributed by atoms with E-state index in [-0.39, 0.29) is 25.1 Å². The maximum absolute atomic E-state index is 14.4. The number of nitriles is 1. The van der Waals surface area contributed by atoms with Gasteiger partial charge in [0.2, 0.25) is 0 Å². The van der Waals surface area contributed by atoms with Gasteiger partial charge < -0.3 is 0 Å². The number of rotatable bonds is 5. The highest BCUT2D eigenvalue weighted by atomic mass is 19.4. The van der Waals surface area contributed by atoms with E-state index in [9.17, 15) is 22.8 Å². The van der Waals surface area contributed by atoms with E-state index in [2.05, 4.69) is 26.1 Å². The number of likely N-dealkylation sites (tertiary alicyclic amines) is 1. The van der Waals surface area contributed by atoms with Crippen LogP contribution in [0.4, 0.5) is 17.6 Å². The molecule has 4 aromatic rings. The SMILES string of the molecule is N#CCC1(n2ccc(-c3nc(-c4ccncc4F)cc4ncccc34)n2)CN(CC(F)(F)F)C1. The smallest absolute Gasteiger partial charge is 0.290 e. The molecule has 172 valence electrons. The van der Waals surface area contributed by atoms with E-state index in [1.54, 1.807) is 35.3 Å². The second kappa shape index (κ2) is 8.14. The van der Waals surface area contributed by atoms with Gasteiger partial charge in [0.25, 0.3) is 0 Å². The molecule has 0 aliphatic carbocycles. The lowest BCUT2D eigenvalue weighted by molar-refractivity contribution is -0.167. The molecule has 1 aliphatic rings. The summed E-state index contributed by atoms with van der Waals surface area (Å²) in [5.74, 6) is -0.533. The quantitative estimate of drug-likeness (QED) is 0.410. The first-order valence-electron chi connectivity index (χ1n) is 10.4. The molecule has 5 rings (SSSR count). The van der Waals surface area contributed by atoms with Gasteiger partial charge >= 0.3 is 6.18 Å². The van der Waals surface area contributed by atoms with Crippen molar-refractivity contribution in [1.29, 1.82) is 5.26 Å². The first kappa shape index (κ1) is 21.9. The summed E-state index contributed by atoms with van der Waals surface area (Å²) in [6, 6.07) is 10.5. The maximum Gasteiger partial charge on any atom is 0.401 e. The average Bonchev–Trinajstić information content (AvgIpc) is 3.27. The normalized spacial score (nSPS) is 15.7. The third-order valence-corrected chi connectivity index (χ3v) is 5.81. The largest absolute Gasteiger partial charge is 0.401 e. The highest BCUT2D eigenvalue weighted by Crippen LogP contribution is 2.36. The predicted octanol–water partition coefficient (Wildman–Crippen LogP) is 4.18. The Balaban J connectivity index is 1.55. The van der Waals surface area contributed by atoms with Gasteiger partial charge in [-0.2, -0.15) is 23.5 Å². The average molecular weight is 467 g/mol. The summed E-state index contributed by atoms with van der Waals surface area (Å²) in [6.45, 7) is -0.927. The monoisotopic (exact) mass is 467 g/mol. The highest BCUT2D eigenvalue weighted by Gasteiger charge is 2.48. The molecular weight excluding hydrogens is 450 g/mol. The summed E-state index contributed by atoms with van der Waals surface area (Å²) in [6.07, 6.45) is 1.52. The Bertz CT molecular complexity index is 1400. The summed E-state index contributed by atoms with van der Waals surface area (Å²) in [5, 5.41) is 14.6. The molecule has 4 aromatic heterocycles. The third kappa shape index (κ3) is 3.97. The minimum Gasteiger partial charge on any atom is -0.290 e. The van der Waals surface area contributed by atoms with Gasteiger partial charge in [-0.15, -0.1) is 0 Å². The highest BCUT2D eigenvalue weighted by molar-refractivity contribution is 5.93. The lowest BCUT2D eigenvalue weighted by Gasteiger charge is -2.49. The topological polar surface area (TPSA) is 83.5 Å². The van der Waals surface area contributed by atoms with Gasteiger partial charge in [-0.25, -0.2) is 9.37 Å². The van der Waals surface area contributed by atoms with Crippen molar-refractivity contribution >= 4 is 10.9 Å². The molecule has 0 unspecified atom stereocenters. The van der Waals surface area contributed by atoms with Crippen LogP contribution in [0.2, 0.25) is 0 Å². The van der Waals surface area contributed by atoms with Gasteiger partial charge in [0.05, 0.1) is 36.4 Å². The molecule has 34 heavy (non-hydrogen) atoms. The third-order valence-electron chi connectivity index (χ3n) is 5.81. The van der Waals surface area contributed by atoms with Crippen LogP contribution < -0.4 is 0 Å². The van der Waals surface area contributed by atoms with Crippen molar-refractivity contribution in [2.75, 3.05) is 19.6 Å². The Hall–Kier alpha value is -3.91. The molecule has 1 aliphatic heterocycles. The Labute approximate surface area is 191 Å². The second-order valence-electron chi connectivity index (χ2n) is 8.25. The van der Waals surface area contributed by atoms with Crippen LogP contribution in [0.3, 0.4) is 0 Å². The van der Waals surface area contributed by atoms with Crippen molar-refractivity contribution in [1.82, 2.24) is 29.6 Å². The fourth-order valence-electron chi connectivity index (χ4n) is 4.34. The van der Waals surface area contributed by atoms with Crippen LogP contribution in [0.15, 0.2) is 55.1 Å². The minimum atomic E-state index is -4.31. The Morgan fingerprint density at radius 2 is 1.94 bits per heavy atom. The lowest BCUT2D eigenvalue weighted by atomic mass is 9.87. The number of halogens is 4. The summed E-state index contributed by atoms with van der Waals surface area (Å²) in [5.41, 5.74) is 1.23. The van der Waals surface area contributed by atoms with Crippen LogP contribution in [-0.2, 0) is 5.54 Å². The van der Waals surface area contributed by atoms with Crippen molar-refractivity contribution in [2.45, 2.75) is 18.1 Å². The molecule has 7 nitrogen and oxygen atoms in total. The van der Waals surface area contributed by atoms with Crippen molar-refractivity contribution in [3.8, 4) is 28.7 Å². The fraction of sp³-hybridized carbons (Fsp3) is 0.261. The van der Waals surface area contributed by atoms with Crippen LogP contribution in [0.5, 0.6) is 0 Å². The second-order valence-corrected chi connectivity index (χ2v) is 8.25. The number of alkyl halides is 3. The summed E-state index contributed by atoms with van der Waals surface area (Å²) >= 11 is 0. The van der Waals surface area contributed by atoms with E-state index in [0.29, 0.717) is 28.0 Å². The standard InChI is InChI=1S/C23H17F4N7/c24-17-11-29-8-3-15(17)20-10-19-16(2-1-7-30-19)21(31-20)18-4-9-34(32-18)22(5-6-28)12-33(13-22)14-23(25,26)27/h1-4,7-11H,5,12-14H2. The zero-order valence-electron chi connectivity index (χ0n) is 17.7. The number of nitrogens with zero attached hydrogens (tertiary/aromatic N) is 7. The van der Waals surface area contributed by atoms with E-state index in [4.69, 9.17) is 0 Å². The number of pyridine rings is 3. The number of fused-ring (bicyclic) bond motifs is 1. The first-order valence-corrected chi connectivity index (χ1v) is 10.4. The van der Waals surface area contributed by atoms with Gasteiger partial charge in [-0.3, -0.25) is 19.5 Å². The van der Waals surface area contributed by atoms with Crippen molar-refractivity contribution in [3.05, 3.63) is 60.9 Å². The van der Waals surface area contributed by atoms with Crippen LogP contribution in [-0.4, -0.2) is 55.4 Å². The predicted molar refractivity (Wildman–Crippen MR) is 115 cm³/mol. The molecule has 0 bridgehead atoms. The Morgan fingerprint density at radius 3 is 2.68 bits per heavy atom. The van der Waals surface area contributed by atoms with E-state index in [1.807, 2.05) is 6.07 Å². The van der Waals surface area contributed by atoms with E-state index < -0.39 is 24.1 Å². The minimum absolute atomic E-state index is 0.0144. The molecule has 0 aromatic carbocycles. The molecule has 0 spiro atoms. The van der Waals surface area contributed by atoms with Gasteiger partial charge in [0.15, 0.2) is 5.82 Å². The van der Waals surface area contributed by atoms with Crippen molar-refractivity contribution in [3.63, 3.8) is 0 Å². The molecule has 5 heterocycles. The molecule has 0 amide bonds. The molecule has 0 atom stereocenters. The molecule has 0 N–H and O–H groups in total. The molecule has 11 heteroatoms. The van der Waals surface area contributed by atoms with Gasteiger partial charge in [-0.1, -0.05) is 0 Å². The number of aromatic nitrogens is 5. The fourth-order valence-corrected chi connectivity index (χ4v) is 4.34. The maximum atomic E-state index is 14.4. The van der Waals surface area contributed by atoms with Gasteiger partial charge in [0, 0.05) is 42.6 Å². The summed E-state index contributed by atoms with van der Waals surface area (Å²) in [4.78, 5) is 14.0. The lowest BCUT2D eigenvalue weighted by Crippen LogP contribution is -2.64. The molecule has 0 radical (unpaired) electrons. The molecule has 1 fully saturated rings. The zero-order chi connectivity index (χ0) is 23.9.